The third-order valence-corrected chi connectivity index (χ3v) is 4.60. The predicted octanol–water partition coefficient (Wildman–Crippen LogP) is 2.69. The number of carbonyl (C=O) groups is 1. The number of rotatable bonds is 5. The molecule has 0 N–H and O–H groups in total. The molecule has 0 spiro atoms. The van der Waals surface area contributed by atoms with Crippen molar-refractivity contribution >= 4 is 6.09 Å². The van der Waals surface area contributed by atoms with Crippen LogP contribution >= 0.6 is 0 Å². The molecule has 1 saturated heterocycles. The van der Waals surface area contributed by atoms with Crippen molar-refractivity contribution in [2.45, 2.75) is 58.0 Å². The molecule has 0 aromatic heterocycles. The number of hydrogen-bond acceptors (Lipinski definition) is 4. The molecular weight excluding hydrogens is 260 g/mol. The second-order valence-electron chi connectivity index (χ2n) is 6.28. The Bertz CT molecular complexity index is 366. The van der Waals surface area contributed by atoms with Crippen molar-refractivity contribution in [2.75, 3.05) is 13.2 Å². The minimum Gasteiger partial charge on any atom is -0.447 e. The van der Waals surface area contributed by atoms with Gasteiger partial charge < -0.3 is 4.74 Å². The summed E-state index contributed by atoms with van der Waals surface area (Å²) in [5, 5.41) is 11.0. The van der Waals surface area contributed by atoms with Crippen molar-refractivity contribution in [3.05, 3.63) is 10.1 Å². The fourth-order valence-electron chi connectivity index (χ4n) is 3.48. The third-order valence-electron chi connectivity index (χ3n) is 4.60. The van der Waals surface area contributed by atoms with Crippen LogP contribution in [0.25, 0.3) is 0 Å². The van der Waals surface area contributed by atoms with Crippen LogP contribution < -0.4 is 0 Å². The largest absolute Gasteiger partial charge is 0.447 e. The van der Waals surface area contributed by atoms with Crippen LogP contribution in [0.2, 0.25) is 0 Å². The van der Waals surface area contributed by atoms with Gasteiger partial charge in [-0.1, -0.05) is 33.1 Å². The summed E-state index contributed by atoms with van der Waals surface area (Å²) >= 11 is 0. The maximum atomic E-state index is 12.0. The summed E-state index contributed by atoms with van der Waals surface area (Å²) in [4.78, 5) is 24.4. The van der Waals surface area contributed by atoms with Crippen LogP contribution in [0.5, 0.6) is 0 Å². The fraction of sp³-hybridized carbons (Fsp3) is 0.929. The third kappa shape index (κ3) is 3.22. The van der Waals surface area contributed by atoms with Crippen molar-refractivity contribution in [1.29, 1.82) is 0 Å². The van der Waals surface area contributed by atoms with Crippen molar-refractivity contribution in [3.8, 4) is 0 Å². The molecule has 1 saturated carbocycles. The molecular formula is C14H24N2O4. The first-order valence-electron chi connectivity index (χ1n) is 7.57. The van der Waals surface area contributed by atoms with Crippen LogP contribution in [-0.2, 0) is 4.74 Å². The minimum atomic E-state index is -0.374. The van der Waals surface area contributed by atoms with Gasteiger partial charge in [-0.25, -0.2) is 4.79 Å². The van der Waals surface area contributed by atoms with Crippen molar-refractivity contribution in [1.82, 2.24) is 4.90 Å². The predicted molar refractivity (Wildman–Crippen MR) is 74.0 cm³/mol. The Balaban J connectivity index is 2.19. The maximum Gasteiger partial charge on any atom is 0.410 e. The zero-order valence-corrected chi connectivity index (χ0v) is 12.3. The molecule has 0 unspecified atom stereocenters. The summed E-state index contributed by atoms with van der Waals surface area (Å²) in [5.41, 5.74) is 0. The van der Waals surface area contributed by atoms with Crippen molar-refractivity contribution in [2.24, 2.45) is 11.8 Å². The molecule has 0 aromatic rings. The summed E-state index contributed by atoms with van der Waals surface area (Å²) in [7, 11) is 0. The number of nitrogens with zero attached hydrogens (tertiary/aromatic N) is 2. The van der Waals surface area contributed by atoms with E-state index in [-0.39, 0.29) is 41.5 Å². The van der Waals surface area contributed by atoms with Gasteiger partial charge in [0.25, 0.3) is 0 Å². The zero-order chi connectivity index (χ0) is 14.7. The molecule has 1 amide bonds. The highest BCUT2D eigenvalue weighted by atomic mass is 16.6. The van der Waals surface area contributed by atoms with E-state index < -0.39 is 0 Å². The first-order valence-corrected chi connectivity index (χ1v) is 7.57. The molecule has 2 aliphatic rings. The Morgan fingerprint density at radius 1 is 1.35 bits per heavy atom. The van der Waals surface area contributed by atoms with Gasteiger partial charge in [-0.15, -0.1) is 0 Å². The number of nitro groups is 1. The molecule has 0 aromatic carbocycles. The van der Waals surface area contributed by atoms with Crippen LogP contribution in [0.3, 0.4) is 0 Å². The lowest BCUT2D eigenvalue weighted by atomic mass is 9.82. The molecule has 6 heteroatoms. The van der Waals surface area contributed by atoms with Crippen molar-refractivity contribution in [3.63, 3.8) is 0 Å². The van der Waals surface area contributed by atoms with Gasteiger partial charge in [0.1, 0.15) is 12.6 Å². The standard InChI is InChI=1S/C14H24N2O4/c1-10(2)13-9-20-14(17)16(13)12(8-15(18)19)11-6-4-3-5-7-11/h10-13H,3-9H2,1-2H3/t12-,13-/m1/s1. The Kier molecular flexibility index (Phi) is 4.83. The minimum absolute atomic E-state index is 0.0330. The van der Waals surface area contributed by atoms with E-state index in [0.717, 1.165) is 25.7 Å². The molecule has 0 bridgehead atoms. The molecule has 114 valence electrons. The van der Waals surface area contributed by atoms with E-state index in [1.54, 1.807) is 4.90 Å². The normalized spacial score (nSPS) is 25.9. The molecule has 2 atom stereocenters. The highest BCUT2D eigenvalue weighted by molar-refractivity contribution is 5.70. The monoisotopic (exact) mass is 284 g/mol. The molecule has 2 fully saturated rings. The SMILES string of the molecule is CC(C)[C@H]1COC(=O)N1[C@H](C[N+](=O)[O-])C1CCCCC1. The van der Waals surface area contributed by atoms with E-state index in [9.17, 15) is 14.9 Å². The fourth-order valence-corrected chi connectivity index (χ4v) is 3.48. The van der Waals surface area contributed by atoms with Crippen molar-refractivity contribution < 1.29 is 14.5 Å². The van der Waals surface area contributed by atoms with Crippen LogP contribution in [-0.4, -0.2) is 41.2 Å². The van der Waals surface area contributed by atoms with Gasteiger partial charge in [0.15, 0.2) is 0 Å². The quantitative estimate of drug-likeness (QED) is 0.574. The number of hydrogen-bond donors (Lipinski definition) is 0. The summed E-state index contributed by atoms with van der Waals surface area (Å²) in [6.07, 6.45) is 4.99. The van der Waals surface area contributed by atoms with E-state index in [1.807, 2.05) is 13.8 Å². The average molecular weight is 284 g/mol. The molecule has 6 nitrogen and oxygen atoms in total. The lowest BCUT2D eigenvalue weighted by Crippen LogP contribution is -2.51. The van der Waals surface area contributed by atoms with Gasteiger partial charge in [-0.3, -0.25) is 15.0 Å². The van der Waals surface area contributed by atoms with Gasteiger partial charge in [-0.2, -0.15) is 0 Å². The maximum absolute atomic E-state index is 12.0. The number of carbonyl (C=O) groups excluding carboxylic acids is 1. The first-order chi connectivity index (χ1) is 9.50. The van der Waals surface area contributed by atoms with Crippen LogP contribution in [0.15, 0.2) is 0 Å². The van der Waals surface area contributed by atoms with Gasteiger partial charge >= 0.3 is 6.09 Å². The van der Waals surface area contributed by atoms with E-state index in [4.69, 9.17) is 4.74 Å². The summed E-state index contributed by atoms with van der Waals surface area (Å²) in [5.74, 6) is 0.486. The Morgan fingerprint density at radius 2 is 2.00 bits per heavy atom. The lowest BCUT2D eigenvalue weighted by molar-refractivity contribution is -0.488. The zero-order valence-electron chi connectivity index (χ0n) is 12.3. The second kappa shape index (κ2) is 6.41. The van der Waals surface area contributed by atoms with Gasteiger partial charge in [0.05, 0.1) is 6.04 Å². The highest BCUT2D eigenvalue weighted by Crippen LogP contribution is 2.33. The number of ether oxygens (including phenoxy) is 1. The molecule has 1 heterocycles. The van der Waals surface area contributed by atoms with Gasteiger partial charge in [0.2, 0.25) is 6.54 Å². The van der Waals surface area contributed by atoms with Gasteiger partial charge in [0, 0.05) is 4.92 Å². The highest BCUT2D eigenvalue weighted by Gasteiger charge is 2.44. The van der Waals surface area contributed by atoms with Crippen LogP contribution in [0.1, 0.15) is 46.0 Å². The summed E-state index contributed by atoms with van der Waals surface area (Å²) < 4.78 is 5.16. The Hall–Kier alpha value is -1.33. The molecule has 20 heavy (non-hydrogen) atoms. The Labute approximate surface area is 119 Å². The topological polar surface area (TPSA) is 72.7 Å². The lowest BCUT2D eigenvalue weighted by Gasteiger charge is -2.36. The molecule has 1 aliphatic carbocycles. The summed E-state index contributed by atoms with van der Waals surface area (Å²) in [6, 6.07) is -0.345. The second-order valence-corrected chi connectivity index (χ2v) is 6.28. The number of amides is 1. The van der Waals surface area contributed by atoms with E-state index >= 15 is 0 Å². The molecule has 2 rings (SSSR count). The Morgan fingerprint density at radius 3 is 2.55 bits per heavy atom. The average Bonchev–Trinajstić information content (AvgIpc) is 2.79. The molecule has 0 radical (unpaired) electrons. The smallest absolute Gasteiger partial charge is 0.410 e. The van der Waals surface area contributed by atoms with Crippen LogP contribution in [0, 0.1) is 22.0 Å². The van der Waals surface area contributed by atoms with E-state index in [0.29, 0.717) is 6.61 Å². The van der Waals surface area contributed by atoms with Gasteiger partial charge in [-0.05, 0) is 24.7 Å². The van der Waals surface area contributed by atoms with Crippen LogP contribution in [0.4, 0.5) is 4.79 Å². The van der Waals surface area contributed by atoms with E-state index in [2.05, 4.69) is 0 Å². The van der Waals surface area contributed by atoms with E-state index in [1.165, 1.54) is 6.42 Å². The molecule has 1 aliphatic heterocycles. The first kappa shape index (κ1) is 15.1. The number of cyclic esters (lactones) is 1. The summed E-state index contributed by atoms with van der Waals surface area (Å²) in [6.45, 7) is 4.26.